The Balaban J connectivity index is 2.06. The molecule has 7 nitrogen and oxygen atoms in total. The fraction of sp³-hybridized carbons (Fsp3) is 0.533. The number of nitrogens with zero attached hydrogens (tertiary/aromatic N) is 2. The van der Waals surface area contributed by atoms with E-state index >= 15 is 0 Å². The molecule has 0 amide bonds. The molecule has 2 aromatic rings. The number of hydrogen-bond acceptors (Lipinski definition) is 9. The fourth-order valence-electron chi connectivity index (χ4n) is 3.43. The summed E-state index contributed by atoms with van der Waals surface area (Å²) in [6, 6.07) is 20.0. The molecule has 240 valence electrons. The average molecular weight is 705 g/mol. The molecule has 0 radical (unpaired) electrons. The molecular formula is C30H46N2O5P2S4. The maximum atomic E-state index is 6.03. The van der Waals surface area contributed by atoms with Gasteiger partial charge in [-0.05, 0) is 79.0 Å². The van der Waals surface area contributed by atoms with Crippen molar-refractivity contribution in [1.29, 1.82) is 0 Å². The molecule has 0 aromatic heterocycles. The van der Waals surface area contributed by atoms with Crippen LogP contribution in [0.5, 0.6) is 0 Å². The zero-order chi connectivity index (χ0) is 31.9. The summed E-state index contributed by atoms with van der Waals surface area (Å²) in [5, 5.41) is 1.59. The first-order chi connectivity index (χ1) is 20.3. The molecule has 0 atom stereocenters. The fourth-order valence-corrected chi connectivity index (χ4v) is 11.9. The van der Waals surface area contributed by atoms with Crippen LogP contribution in [0.2, 0.25) is 0 Å². The minimum absolute atomic E-state index is 0.0950. The average Bonchev–Trinajstić information content (AvgIpc) is 2.90. The van der Waals surface area contributed by atoms with Gasteiger partial charge in [0.2, 0.25) is 0 Å². The third kappa shape index (κ3) is 16.1. The molecule has 2 aromatic carbocycles. The van der Waals surface area contributed by atoms with E-state index in [1.807, 2.05) is 116 Å². The van der Waals surface area contributed by atoms with Gasteiger partial charge in [-0.15, -0.1) is 23.5 Å². The number of rotatable bonds is 18. The van der Waals surface area contributed by atoms with Gasteiger partial charge in [-0.1, -0.05) is 60.7 Å². The first-order valence-electron chi connectivity index (χ1n) is 14.4. The van der Waals surface area contributed by atoms with Gasteiger partial charge in [-0.3, -0.25) is 0 Å². The van der Waals surface area contributed by atoms with Crippen molar-refractivity contribution in [2.24, 2.45) is 9.53 Å². The second-order valence-electron chi connectivity index (χ2n) is 10.4. The summed E-state index contributed by atoms with van der Waals surface area (Å²) in [5.41, 5.74) is 1.95. The first-order valence-corrected chi connectivity index (χ1v) is 21.5. The lowest BCUT2D eigenvalue weighted by atomic mass is 10.2. The minimum Gasteiger partial charge on any atom is -0.380 e. The number of thioether (sulfide) groups is 2. The number of ether oxygens (including phenoxy) is 1. The van der Waals surface area contributed by atoms with Crippen LogP contribution >= 0.6 is 36.8 Å². The second kappa shape index (κ2) is 20.0. The maximum Gasteiger partial charge on any atom is 0.310 e. The Labute approximate surface area is 277 Å². The van der Waals surface area contributed by atoms with Crippen LogP contribution in [0.3, 0.4) is 0 Å². The van der Waals surface area contributed by atoms with Crippen molar-refractivity contribution >= 4 is 70.5 Å². The zero-order valence-electron chi connectivity index (χ0n) is 26.4. The standard InChI is InChI=1S/C30H46N2O5P2S4/c1-23(2)34-38(40,35-24(3)4)31-29(27-15-11-9-12-16-27)42-21-19-33-20-22-43-30(28-17-13-10-14-18-28)32-39(41,36-25(5)6)37-26(7)8/h9-18,23-26H,19-22H2,1-8H3/b31-29+,32-30+. The molecule has 2 rings (SSSR count). The largest absolute Gasteiger partial charge is 0.380 e. The van der Waals surface area contributed by atoms with Crippen molar-refractivity contribution in [1.82, 2.24) is 0 Å². The third-order valence-corrected chi connectivity index (χ3v) is 12.2. The van der Waals surface area contributed by atoms with Gasteiger partial charge in [-0.2, -0.15) is 9.53 Å². The highest BCUT2D eigenvalue weighted by Gasteiger charge is 2.25. The molecule has 0 unspecified atom stereocenters. The predicted molar refractivity (Wildman–Crippen MR) is 195 cm³/mol. The molecular weight excluding hydrogens is 659 g/mol. The Morgan fingerprint density at radius 1 is 0.581 bits per heavy atom. The molecule has 0 aliphatic carbocycles. The van der Waals surface area contributed by atoms with Crippen LogP contribution in [0.1, 0.15) is 66.5 Å². The lowest BCUT2D eigenvalue weighted by Crippen LogP contribution is -2.10. The van der Waals surface area contributed by atoms with E-state index in [2.05, 4.69) is 0 Å². The van der Waals surface area contributed by atoms with Crippen molar-refractivity contribution in [2.45, 2.75) is 79.8 Å². The van der Waals surface area contributed by atoms with Gasteiger partial charge in [0, 0.05) is 22.6 Å². The van der Waals surface area contributed by atoms with E-state index in [9.17, 15) is 0 Å². The van der Waals surface area contributed by atoms with Gasteiger partial charge < -0.3 is 22.8 Å². The minimum atomic E-state index is -2.88. The quantitative estimate of drug-likeness (QED) is 0.0653. The molecule has 0 bridgehead atoms. The summed E-state index contributed by atoms with van der Waals surface area (Å²) in [6.07, 6.45) is -0.380. The van der Waals surface area contributed by atoms with E-state index in [-0.39, 0.29) is 24.4 Å². The Morgan fingerprint density at radius 3 is 1.16 bits per heavy atom. The zero-order valence-corrected chi connectivity index (χ0v) is 31.4. The lowest BCUT2D eigenvalue weighted by molar-refractivity contribution is 0.167. The van der Waals surface area contributed by atoms with Gasteiger partial charge in [0.1, 0.15) is 10.1 Å². The highest BCUT2D eigenvalue weighted by Crippen LogP contribution is 2.54. The Kier molecular flexibility index (Phi) is 18.0. The molecule has 0 spiro atoms. The van der Waals surface area contributed by atoms with Crippen LogP contribution in [-0.4, -0.2) is 59.2 Å². The molecule has 0 saturated carbocycles. The molecule has 13 heteroatoms. The Bertz CT molecular complexity index is 1120. The summed E-state index contributed by atoms with van der Waals surface area (Å²) in [5.74, 6) is 1.39. The highest BCUT2D eigenvalue weighted by atomic mass is 32.5. The van der Waals surface area contributed by atoms with Gasteiger partial charge in [0.15, 0.2) is 0 Å². The van der Waals surface area contributed by atoms with Crippen molar-refractivity contribution in [2.75, 3.05) is 24.7 Å². The predicted octanol–water partition coefficient (Wildman–Crippen LogP) is 9.51. The van der Waals surface area contributed by atoms with Crippen LogP contribution < -0.4 is 0 Å². The van der Waals surface area contributed by atoms with Gasteiger partial charge in [0.25, 0.3) is 0 Å². The van der Waals surface area contributed by atoms with Crippen molar-refractivity contribution in [3.63, 3.8) is 0 Å². The molecule has 0 saturated heterocycles. The summed E-state index contributed by atoms with van der Waals surface area (Å²) in [4.78, 5) is 0. The third-order valence-electron chi connectivity index (χ3n) is 4.78. The highest BCUT2D eigenvalue weighted by molar-refractivity contribution is 8.16. The molecule has 0 aliphatic rings. The number of benzene rings is 2. The van der Waals surface area contributed by atoms with Crippen molar-refractivity contribution < 1.29 is 22.8 Å². The van der Waals surface area contributed by atoms with Crippen LogP contribution in [0.15, 0.2) is 70.2 Å². The second-order valence-corrected chi connectivity index (χ2v) is 18.5. The summed E-state index contributed by atoms with van der Waals surface area (Å²) in [6.45, 7) is 10.9. The monoisotopic (exact) mass is 704 g/mol. The summed E-state index contributed by atoms with van der Waals surface area (Å²) in [7, 11) is 0. The lowest BCUT2D eigenvalue weighted by Gasteiger charge is -2.23. The van der Waals surface area contributed by atoms with E-state index in [0.29, 0.717) is 24.7 Å². The van der Waals surface area contributed by atoms with Crippen LogP contribution in [0.25, 0.3) is 0 Å². The topological polar surface area (TPSA) is 70.9 Å². The number of hydrogen-bond donors (Lipinski definition) is 0. The van der Waals surface area contributed by atoms with E-state index in [4.69, 9.17) is 56.0 Å². The van der Waals surface area contributed by atoms with E-state index < -0.39 is 13.3 Å². The molecule has 0 heterocycles. The van der Waals surface area contributed by atoms with E-state index in [1.54, 1.807) is 23.5 Å². The smallest absolute Gasteiger partial charge is 0.310 e. The van der Waals surface area contributed by atoms with Gasteiger partial charge in [0.05, 0.1) is 37.6 Å². The van der Waals surface area contributed by atoms with Crippen molar-refractivity contribution in [3.8, 4) is 0 Å². The SMILES string of the molecule is CC(C)OP(=S)(/N=C(/SCCOCCS/C(=N/P(=S)(OC(C)C)OC(C)C)c1ccccc1)c1ccccc1)OC(C)C. The van der Waals surface area contributed by atoms with Crippen LogP contribution in [-0.2, 0) is 46.4 Å². The van der Waals surface area contributed by atoms with Crippen LogP contribution in [0.4, 0.5) is 0 Å². The molecule has 0 fully saturated rings. The van der Waals surface area contributed by atoms with Gasteiger partial charge in [-0.25, -0.2) is 0 Å². The summed E-state index contributed by atoms with van der Waals surface area (Å²) < 4.78 is 39.9. The Morgan fingerprint density at radius 2 is 0.884 bits per heavy atom. The molecule has 43 heavy (non-hydrogen) atoms. The normalized spacial score (nSPS) is 13.6. The van der Waals surface area contributed by atoms with E-state index in [1.165, 1.54) is 0 Å². The van der Waals surface area contributed by atoms with E-state index in [0.717, 1.165) is 21.2 Å². The van der Waals surface area contributed by atoms with Crippen LogP contribution in [0, 0.1) is 0 Å². The van der Waals surface area contributed by atoms with Gasteiger partial charge >= 0.3 is 13.3 Å². The Hall–Kier alpha value is -0.420. The molecule has 0 N–H and O–H groups in total. The molecule has 0 aliphatic heterocycles. The van der Waals surface area contributed by atoms with Crippen molar-refractivity contribution in [3.05, 3.63) is 71.8 Å². The first kappa shape index (κ1) is 38.8. The maximum absolute atomic E-state index is 6.03. The summed E-state index contributed by atoms with van der Waals surface area (Å²) >= 11 is 14.8.